The molecule has 9 nitrogen and oxygen atoms in total. The first-order chi connectivity index (χ1) is 13.7. The van der Waals surface area contributed by atoms with Crippen LogP contribution in [0.2, 0.25) is 0 Å². The van der Waals surface area contributed by atoms with E-state index >= 15 is 0 Å². The Kier molecular flexibility index (Phi) is 4.29. The van der Waals surface area contributed by atoms with Crippen molar-refractivity contribution < 1.29 is 14.3 Å². The Morgan fingerprint density at radius 2 is 2.07 bits per heavy atom. The standard InChI is InChI=1S/C18H18N6O3S/c25-16(10-1-2-10)23-14-7-24-6-12(19-5-15(24)22-14)13-9-28-18(21-13)17(26)20-11-3-4-27-8-11/h5-7,9-11H,1-4,8H2,(H,20,26)(H,23,25)/t11-/m0/s1. The molecular formula is C18H18N6O3S. The number of hydrogen-bond acceptors (Lipinski definition) is 7. The van der Waals surface area contributed by atoms with Crippen LogP contribution in [0.1, 0.15) is 29.1 Å². The van der Waals surface area contributed by atoms with Gasteiger partial charge in [0.1, 0.15) is 11.4 Å². The summed E-state index contributed by atoms with van der Waals surface area (Å²) in [5.74, 6) is 0.446. The molecule has 1 saturated heterocycles. The van der Waals surface area contributed by atoms with Gasteiger partial charge in [-0.25, -0.2) is 15.0 Å². The number of imidazole rings is 1. The number of anilines is 1. The average Bonchev–Trinajstić information content (AvgIpc) is 3.08. The molecule has 2 aliphatic rings. The molecule has 3 aromatic heterocycles. The third-order valence-electron chi connectivity index (χ3n) is 4.77. The van der Waals surface area contributed by atoms with Crippen LogP contribution in [-0.4, -0.2) is 50.4 Å². The molecule has 0 unspecified atom stereocenters. The van der Waals surface area contributed by atoms with E-state index in [1.807, 2.05) is 0 Å². The summed E-state index contributed by atoms with van der Waals surface area (Å²) in [6, 6.07) is 0.0459. The number of carbonyl (C=O) groups excluding carboxylic acids is 2. The van der Waals surface area contributed by atoms with Gasteiger partial charge in [0.25, 0.3) is 5.91 Å². The molecule has 2 fully saturated rings. The van der Waals surface area contributed by atoms with Crippen LogP contribution in [-0.2, 0) is 9.53 Å². The minimum absolute atomic E-state index is 0.0133. The van der Waals surface area contributed by atoms with Crippen molar-refractivity contribution in [3.05, 3.63) is 29.0 Å². The highest BCUT2D eigenvalue weighted by atomic mass is 32.1. The molecule has 2 amide bonds. The van der Waals surface area contributed by atoms with Gasteiger partial charge >= 0.3 is 0 Å². The lowest BCUT2D eigenvalue weighted by atomic mass is 10.2. The summed E-state index contributed by atoms with van der Waals surface area (Å²) in [4.78, 5) is 37.4. The van der Waals surface area contributed by atoms with E-state index in [0.717, 1.165) is 19.3 Å². The Bertz CT molecular complexity index is 1050. The van der Waals surface area contributed by atoms with E-state index in [1.165, 1.54) is 11.3 Å². The number of fused-ring (bicyclic) bond motifs is 1. The Hall–Kier alpha value is -2.85. The van der Waals surface area contributed by atoms with Crippen molar-refractivity contribution in [2.45, 2.75) is 25.3 Å². The van der Waals surface area contributed by atoms with Gasteiger partial charge in [-0.1, -0.05) is 0 Å². The molecule has 0 aromatic carbocycles. The Balaban J connectivity index is 1.33. The maximum atomic E-state index is 12.3. The number of hydrogen-bond donors (Lipinski definition) is 2. The highest BCUT2D eigenvalue weighted by molar-refractivity contribution is 7.12. The normalized spacial score (nSPS) is 19.1. The van der Waals surface area contributed by atoms with Gasteiger partial charge in [0.15, 0.2) is 16.5 Å². The molecule has 1 aliphatic carbocycles. The molecule has 4 heterocycles. The first kappa shape index (κ1) is 17.3. The van der Waals surface area contributed by atoms with Gasteiger partial charge in [-0.05, 0) is 19.3 Å². The second-order valence-electron chi connectivity index (χ2n) is 7.00. The first-order valence-electron chi connectivity index (χ1n) is 9.16. The van der Waals surface area contributed by atoms with Crippen molar-refractivity contribution in [2.24, 2.45) is 5.92 Å². The fourth-order valence-corrected chi connectivity index (χ4v) is 3.77. The smallest absolute Gasteiger partial charge is 0.280 e. The van der Waals surface area contributed by atoms with Crippen molar-refractivity contribution in [1.29, 1.82) is 0 Å². The van der Waals surface area contributed by atoms with Crippen molar-refractivity contribution in [1.82, 2.24) is 24.7 Å². The van der Waals surface area contributed by atoms with Crippen molar-refractivity contribution in [2.75, 3.05) is 18.5 Å². The third kappa shape index (κ3) is 3.48. The predicted molar refractivity (Wildman–Crippen MR) is 102 cm³/mol. The van der Waals surface area contributed by atoms with E-state index in [2.05, 4.69) is 25.6 Å². The maximum Gasteiger partial charge on any atom is 0.280 e. The Morgan fingerprint density at radius 3 is 2.86 bits per heavy atom. The summed E-state index contributed by atoms with van der Waals surface area (Å²) >= 11 is 1.28. The summed E-state index contributed by atoms with van der Waals surface area (Å²) in [7, 11) is 0. The molecule has 3 aromatic rings. The quantitative estimate of drug-likeness (QED) is 0.677. The van der Waals surface area contributed by atoms with Crippen LogP contribution in [0.3, 0.4) is 0 Å². The number of thiazole rings is 1. The summed E-state index contributed by atoms with van der Waals surface area (Å²) in [6.45, 7) is 1.22. The molecule has 28 heavy (non-hydrogen) atoms. The van der Waals surface area contributed by atoms with E-state index in [-0.39, 0.29) is 23.8 Å². The van der Waals surface area contributed by atoms with Crippen molar-refractivity contribution >= 4 is 34.6 Å². The summed E-state index contributed by atoms with van der Waals surface area (Å²) in [5.41, 5.74) is 1.88. The van der Waals surface area contributed by atoms with Gasteiger partial charge in [0, 0.05) is 24.1 Å². The van der Waals surface area contributed by atoms with Crippen LogP contribution in [0.4, 0.5) is 5.82 Å². The summed E-state index contributed by atoms with van der Waals surface area (Å²) in [6.07, 6.45) is 7.87. The topological polar surface area (TPSA) is 111 Å². The number of carbonyl (C=O) groups is 2. The maximum absolute atomic E-state index is 12.3. The minimum atomic E-state index is -0.194. The van der Waals surface area contributed by atoms with E-state index < -0.39 is 0 Å². The lowest BCUT2D eigenvalue weighted by Gasteiger charge is -2.08. The van der Waals surface area contributed by atoms with E-state index in [9.17, 15) is 9.59 Å². The van der Waals surface area contributed by atoms with Crippen LogP contribution < -0.4 is 10.6 Å². The molecule has 0 radical (unpaired) electrons. The highest BCUT2D eigenvalue weighted by Gasteiger charge is 2.30. The fourth-order valence-electron chi connectivity index (χ4n) is 3.06. The van der Waals surface area contributed by atoms with Crippen molar-refractivity contribution in [3.8, 4) is 11.4 Å². The van der Waals surface area contributed by atoms with Crippen molar-refractivity contribution in [3.63, 3.8) is 0 Å². The van der Waals surface area contributed by atoms with Crippen LogP contribution >= 0.6 is 11.3 Å². The minimum Gasteiger partial charge on any atom is -0.379 e. The molecular weight excluding hydrogens is 380 g/mol. The van der Waals surface area contributed by atoms with E-state index in [4.69, 9.17) is 4.74 Å². The lowest BCUT2D eigenvalue weighted by Crippen LogP contribution is -2.34. The number of aromatic nitrogens is 4. The number of nitrogens with one attached hydrogen (secondary N) is 2. The van der Waals surface area contributed by atoms with E-state index in [1.54, 1.807) is 28.4 Å². The van der Waals surface area contributed by atoms with Gasteiger partial charge in [-0.15, -0.1) is 11.3 Å². The van der Waals surface area contributed by atoms with Gasteiger partial charge < -0.3 is 19.8 Å². The molecule has 0 spiro atoms. The zero-order chi connectivity index (χ0) is 19.1. The molecule has 144 valence electrons. The predicted octanol–water partition coefficient (Wildman–Crippen LogP) is 1.72. The van der Waals surface area contributed by atoms with Crippen LogP contribution in [0, 0.1) is 5.92 Å². The summed E-state index contributed by atoms with van der Waals surface area (Å²) < 4.78 is 7.07. The second kappa shape index (κ2) is 6.95. The lowest BCUT2D eigenvalue weighted by molar-refractivity contribution is -0.117. The Morgan fingerprint density at radius 1 is 1.18 bits per heavy atom. The van der Waals surface area contributed by atoms with Crippen LogP contribution in [0.25, 0.3) is 17.0 Å². The average molecular weight is 398 g/mol. The number of rotatable bonds is 5. The zero-order valence-electron chi connectivity index (χ0n) is 14.9. The largest absolute Gasteiger partial charge is 0.379 e. The molecule has 0 bridgehead atoms. The molecule has 1 aliphatic heterocycles. The van der Waals surface area contributed by atoms with Gasteiger partial charge in [0.2, 0.25) is 5.91 Å². The van der Waals surface area contributed by atoms with Gasteiger partial charge in [0.05, 0.1) is 25.0 Å². The summed E-state index contributed by atoms with van der Waals surface area (Å²) in [5, 5.41) is 7.97. The second-order valence-corrected chi connectivity index (χ2v) is 7.86. The number of ether oxygens (including phenoxy) is 1. The van der Waals surface area contributed by atoms with Crippen LogP contribution in [0.15, 0.2) is 24.0 Å². The van der Waals surface area contributed by atoms with Crippen LogP contribution in [0.5, 0.6) is 0 Å². The Labute approximate surface area is 164 Å². The van der Waals surface area contributed by atoms with Gasteiger partial charge in [-0.3, -0.25) is 9.59 Å². The van der Waals surface area contributed by atoms with Gasteiger partial charge in [-0.2, -0.15) is 0 Å². The molecule has 5 rings (SSSR count). The number of amides is 2. The van der Waals surface area contributed by atoms with E-state index in [0.29, 0.717) is 41.1 Å². The molecule has 10 heteroatoms. The zero-order valence-corrected chi connectivity index (χ0v) is 15.7. The molecule has 1 atom stereocenters. The fraction of sp³-hybridized carbons (Fsp3) is 0.389. The number of nitrogens with zero attached hydrogens (tertiary/aromatic N) is 4. The monoisotopic (exact) mass is 398 g/mol. The molecule has 2 N–H and O–H groups in total. The SMILES string of the molecule is O=C(N[C@H]1CCOC1)c1nc(-c2cn3cc(NC(=O)C4CC4)nc3cn2)cs1. The highest BCUT2D eigenvalue weighted by Crippen LogP contribution is 2.30. The molecule has 1 saturated carbocycles. The first-order valence-corrected chi connectivity index (χ1v) is 10.0. The third-order valence-corrected chi connectivity index (χ3v) is 5.61.